The molecule has 2 aromatic rings. The number of likely N-dealkylation sites (N-methyl/N-ethyl adjacent to an activating group) is 1. The highest BCUT2D eigenvalue weighted by atomic mass is 15.1. The molecule has 5 heteroatoms. The molecule has 2 rings (SSSR count). The smallest absolute Gasteiger partial charge is 0.0410 e. The predicted molar refractivity (Wildman–Crippen MR) is 139 cm³/mol. The van der Waals surface area contributed by atoms with Crippen LogP contribution in [0.15, 0.2) is 60.7 Å². The van der Waals surface area contributed by atoms with Crippen LogP contribution in [0.5, 0.6) is 0 Å². The van der Waals surface area contributed by atoms with Gasteiger partial charge in [-0.3, -0.25) is 0 Å². The highest BCUT2D eigenvalue weighted by Crippen LogP contribution is 2.24. The van der Waals surface area contributed by atoms with E-state index in [1.807, 2.05) is 14.1 Å². The summed E-state index contributed by atoms with van der Waals surface area (Å²) in [4.78, 5) is 6.78. The molecule has 176 valence electrons. The van der Waals surface area contributed by atoms with Gasteiger partial charge < -0.3 is 26.2 Å². The predicted octanol–water partition coefficient (Wildman–Crippen LogP) is 4.42. The van der Waals surface area contributed by atoms with Crippen LogP contribution in [-0.2, 0) is 0 Å². The van der Waals surface area contributed by atoms with Crippen molar-refractivity contribution >= 4 is 11.4 Å². The van der Waals surface area contributed by atoms with Crippen molar-refractivity contribution in [2.75, 3.05) is 64.8 Å². The molecule has 31 heavy (non-hydrogen) atoms. The van der Waals surface area contributed by atoms with Crippen LogP contribution in [0, 0.1) is 0 Å². The summed E-state index contributed by atoms with van der Waals surface area (Å²) in [6.07, 6.45) is 2.27. The van der Waals surface area contributed by atoms with Crippen LogP contribution in [0.2, 0.25) is 0 Å². The minimum atomic E-state index is 0.757. The Labute approximate surface area is 192 Å². The van der Waals surface area contributed by atoms with Gasteiger partial charge in [0.25, 0.3) is 0 Å². The molecule has 2 aromatic carbocycles. The van der Waals surface area contributed by atoms with E-state index in [1.165, 1.54) is 11.4 Å². The third kappa shape index (κ3) is 14.7. The summed E-state index contributed by atoms with van der Waals surface area (Å²) in [6.45, 7) is 13.6. The Kier molecular flexibility index (Phi) is 18.8. The van der Waals surface area contributed by atoms with Gasteiger partial charge in [-0.1, -0.05) is 57.2 Å². The fraction of sp³-hybridized carbons (Fsp3) is 0.538. The molecule has 0 radical (unpaired) electrons. The van der Waals surface area contributed by atoms with Crippen LogP contribution in [0.25, 0.3) is 0 Å². The van der Waals surface area contributed by atoms with Gasteiger partial charge >= 0.3 is 0 Å². The second kappa shape index (κ2) is 20.0. The molecule has 0 aromatic heterocycles. The molecular formula is C26H47N5. The Morgan fingerprint density at radius 1 is 0.645 bits per heavy atom. The van der Waals surface area contributed by atoms with E-state index in [2.05, 4.69) is 96.1 Å². The summed E-state index contributed by atoms with van der Waals surface area (Å²) in [5.74, 6) is 0. The lowest BCUT2D eigenvalue weighted by molar-refractivity contribution is 0.302. The Bertz CT molecular complexity index is 560. The fourth-order valence-corrected chi connectivity index (χ4v) is 2.96. The van der Waals surface area contributed by atoms with E-state index in [4.69, 9.17) is 11.5 Å². The molecule has 0 unspecified atom stereocenters. The normalized spacial score (nSPS) is 10.2. The zero-order chi connectivity index (χ0) is 23.3. The van der Waals surface area contributed by atoms with Gasteiger partial charge in [-0.25, -0.2) is 0 Å². The second-order valence-electron chi connectivity index (χ2n) is 7.58. The molecule has 0 spiro atoms. The van der Waals surface area contributed by atoms with Gasteiger partial charge in [0.15, 0.2) is 0 Å². The van der Waals surface area contributed by atoms with Crippen LogP contribution in [0.4, 0.5) is 11.4 Å². The van der Waals surface area contributed by atoms with Crippen molar-refractivity contribution in [3.8, 4) is 0 Å². The first-order chi connectivity index (χ1) is 15.0. The van der Waals surface area contributed by atoms with Gasteiger partial charge in [-0.15, -0.1) is 0 Å². The lowest BCUT2D eigenvalue weighted by atomic mass is 10.2. The van der Waals surface area contributed by atoms with Gasteiger partial charge in [0.1, 0.15) is 0 Å². The fourth-order valence-electron chi connectivity index (χ4n) is 2.96. The summed E-state index contributed by atoms with van der Waals surface area (Å²) < 4.78 is 0. The topological polar surface area (TPSA) is 61.8 Å². The summed E-state index contributed by atoms with van der Waals surface area (Å²) in [5.41, 5.74) is 13.1. The van der Waals surface area contributed by atoms with Crippen molar-refractivity contribution < 1.29 is 0 Å². The highest BCUT2D eigenvalue weighted by Gasteiger charge is 2.06. The van der Waals surface area contributed by atoms with Crippen LogP contribution in [0.3, 0.4) is 0 Å². The van der Waals surface area contributed by atoms with Crippen molar-refractivity contribution in [2.45, 2.75) is 33.6 Å². The Hall–Kier alpha value is -1.92. The largest absolute Gasteiger partial charge is 0.342 e. The van der Waals surface area contributed by atoms with Crippen LogP contribution < -0.4 is 16.4 Å². The Morgan fingerprint density at radius 3 is 1.42 bits per heavy atom. The van der Waals surface area contributed by atoms with Crippen molar-refractivity contribution in [1.82, 2.24) is 9.80 Å². The van der Waals surface area contributed by atoms with E-state index in [9.17, 15) is 0 Å². The van der Waals surface area contributed by atoms with Crippen LogP contribution in [0.1, 0.15) is 33.6 Å². The highest BCUT2D eigenvalue weighted by molar-refractivity contribution is 5.62. The molecule has 0 saturated heterocycles. The Balaban J connectivity index is 0.000000509. The molecule has 0 aliphatic carbocycles. The number of rotatable bonds is 11. The molecule has 0 fully saturated rings. The molecule has 4 N–H and O–H groups in total. The van der Waals surface area contributed by atoms with Gasteiger partial charge in [-0.2, -0.15) is 0 Å². The first kappa shape index (κ1) is 29.1. The monoisotopic (exact) mass is 429 g/mol. The number of para-hydroxylation sites is 2. The van der Waals surface area contributed by atoms with Gasteiger partial charge in [0, 0.05) is 31.0 Å². The van der Waals surface area contributed by atoms with Crippen molar-refractivity contribution in [1.29, 1.82) is 0 Å². The quantitative estimate of drug-likeness (QED) is 0.554. The number of nitrogens with zero attached hydrogens (tertiary/aromatic N) is 3. The standard InChI is InChI=1S/C15H17N.C7H18N2.C4H12N2/c1-2-13-16(14-9-5-3-6-10-14)15-11-7-4-8-12-15;1-3-9(4-2)7-5-6-8;1-6(2)4-3-5/h3-12H,2,13H2,1H3;3-8H2,1-2H3;3-5H2,1-2H3. The molecule has 0 atom stereocenters. The zero-order valence-corrected chi connectivity index (χ0v) is 20.6. The molecule has 0 aliphatic rings. The molecule has 5 nitrogen and oxygen atoms in total. The summed E-state index contributed by atoms with van der Waals surface area (Å²) in [7, 11) is 4.01. The number of nitrogens with two attached hydrogens (primary N) is 2. The van der Waals surface area contributed by atoms with Crippen molar-refractivity contribution in [3.05, 3.63) is 60.7 Å². The average molecular weight is 430 g/mol. The first-order valence-electron chi connectivity index (χ1n) is 11.7. The number of benzene rings is 2. The van der Waals surface area contributed by atoms with E-state index < -0.39 is 0 Å². The van der Waals surface area contributed by atoms with Crippen LogP contribution >= 0.6 is 0 Å². The molecule has 0 amide bonds. The number of hydrogen-bond acceptors (Lipinski definition) is 5. The lowest BCUT2D eigenvalue weighted by Crippen LogP contribution is -2.25. The van der Waals surface area contributed by atoms with E-state index in [1.54, 1.807) is 0 Å². The van der Waals surface area contributed by atoms with E-state index >= 15 is 0 Å². The van der Waals surface area contributed by atoms with E-state index in [-0.39, 0.29) is 0 Å². The van der Waals surface area contributed by atoms with E-state index in [0.717, 1.165) is 58.7 Å². The van der Waals surface area contributed by atoms with Crippen molar-refractivity contribution in [3.63, 3.8) is 0 Å². The zero-order valence-electron chi connectivity index (χ0n) is 20.6. The molecular weight excluding hydrogens is 382 g/mol. The summed E-state index contributed by atoms with van der Waals surface area (Å²) in [6, 6.07) is 21.1. The van der Waals surface area contributed by atoms with Gasteiger partial charge in [0.05, 0.1) is 0 Å². The molecule has 0 saturated carbocycles. The average Bonchev–Trinajstić information content (AvgIpc) is 2.80. The number of hydrogen-bond donors (Lipinski definition) is 2. The minimum Gasteiger partial charge on any atom is -0.342 e. The third-order valence-electron chi connectivity index (χ3n) is 4.73. The minimum absolute atomic E-state index is 0.757. The lowest BCUT2D eigenvalue weighted by Gasteiger charge is -2.24. The SMILES string of the molecule is CCCN(c1ccccc1)c1ccccc1.CCN(CC)CCCN.CN(C)CCN. The summed E-state index contributed by atoms with van der Waals surface area (Å²) in [5, 5.41) is 0. The molecule has 0 bridgehead atoms. The molecule has 0 aliphatic heterocycles. The molecule has 0 heterocycles. The van der Waals surface area contributed by atoms with Gasteiger partial charge in [-0.05, 0) is 77.4 Å². The maximum atomic E-state index is 5.36. The maximum Gasteiger partial charge on any atom is 0.0410 e. The second-order valence-corrected chi connectivity index (χ2v) is 7.58. The summed E-state index contributed by atoms with van der Waals surface area (Å²) >= 11 is 0. The van der Waals surface area contributed by atoms with Gasteiger partial charge in [0.2, 0.25) is 0 Å². The Morgan fingerprint density at radius 2 is 1.13 bits per heavy atom. The van der Waals surface area contributed by atoms with Crippen molar-refractivity contribution in [2.24, 2.45) is 11.5 Å². The maximum absolute atomic E-state index is 5.36. The third-order valence-corrected chi connectivity index (χ3v) is 4.73. The first-order valence-corrected chi connectivity index (χ1v) is 11.7. The van der Waals surface area contributed by atoms with Crippen LogP contribution in [-0.4, -0.2) is 69.7 Å². The number of anilines is 2. The van der Waals surface area contributed by atoms with E-state index in [0.29, 0.717) is 0 Å².